The smallest absolute Gasteiger partial charge is 0.191 e. The van der Waals surface area contributed by atoms with Crippen LogP contribution < -0.4 is 10.6 Å². The Morgan fingerprint density at radius 1 is 1.07 bits per heavy atom. The molecule has 0 aliphatic rings. The van der Waals surface area contributed by atoms with Crippen molar-refractivity contribution < 1.29 is 0 Å². The summed E-state index contributed by atoms with van der Waals surface area (Å²) in [7, 11) is 1.77. The van der Waals surface area contributed by atoms with E-state index in [1.807, 2.05) is 36.7 Å². The third kappa shape index (κ3) is 6.83. The predicted molar refractivity (Wildman–Crippen MR) is 127 cm³/mol. The molecule has 0 saturated heterocycles. The Labute approximate surface area is 188 Å². The van der Waals surface area contributed by atoms with Gasteiger partial charge in [0.15, 0.2) is 5.96 Å². The Morgan fingerprint density at radius 2 is 1.86 bits per heavy atom. The molecule has 0 atom stereocenters. The standard InChI is InChI=1S/C21H24ClN5.HI/c1-23-21(25-11-10-17-8-5-9-19(22)14-17)26-15-20-24-12-13-27(20)16-18-6-3-2-4-7-18;/h2-9,12-14H,10-11,15-16H2,1H3,(H2,23,25,26);1H. The fourth-order valence-corrected chi connectivity index (χ4v) is 3.05. The second-order valence-corrected chi connectivity index (χ2v) is 6.63. The first-order valence-electron chi connectivity index (χ1n) is 8.97. The fraction of sp³-hybridized carbons (Fsp3) is 0.238. The third-order valence-electron chi connectivity index (χ3n) is 4.23. The van der Waals surface area contributed by atoms with Gasteiger partial charge in [0, 0.05) is 37.6 Å². The largest absolute Gasteiger partial charge is 0.356 e. The van der Waals surface area contributed by atoms with Crippen LogP contribution in [0.2, 0.25) is 5.02 Å². The van der Waals surface area contributed by atoms with Crippen LogP contribution in [-0.4, -0.2) is 29.1 Å². The molecule has 7 heteroatoms. The minimum atomic E-state index is 0. The molecule has 0 radical (unpaired) electrons. The van der Waals surface area contributed by atoms with Crippen molar-refractivity contribution in [3.8, 4) is 0 Å². The zero-order valence-electron chi connectivity index (χ0n) is 15.8. The average molecular weight is 510 g/mol. The van der Waals surface area contributed by atoms with Crippen molar-refractivity contribution in [2.75, 3.05) is 13.6 Å². The van der Waals surface area contributed by atoms with Crippen LogP contribution in [-0.2, 0) is 19.5 Å². The summed E-state index contributed by atoms with van der Waals surface area (Å²) in [4.78, 5) is 8.74. The number of guanidine groups is 1. The van der Waals surface area contributed by atoms with Crippen LogP contribution >= 0.6 is 35.6 Å². The van der Waals surface area contributed by atoms with E-state index in [4.69, 9.17) is 11.6 Å². The van der Waals surface area contributed by atoms with Crippen molar-refractivity contribution in [2.24, 2.45) is 4.99 Å². The molecule has 2 aromatic carbocycles. The summed E-state index contributed by atoms with van der Waals surface area (Å²) >= 11 is 6.03. The molecule has 28 heavy (non-hydrogen) atoms. The first kappa shape index (κ1) is 22.2. The van der Waals surface area contributed by atoms with E-state index in [-0.39, 0.29) is 24.0 Å². The molecule has 0 fully saturated rings. The highest BCUT2D eigenvalue weighted by Crippen LogP contribution is 2.10. The minimum Gasteiger partial charge on any atom is -0.356 e. The number of imidazole rings is 1. The molecule has 0 spiro atoms. The molecule has 0 bridgehead atoms. The van der Waals surface area contributed by atoms with Gasteiger partial charge in [0.05, 0.1) is 6.54 Å². The number of benzene rings is 2. The molecule has 0 aliphatic carbocycles. The van der Waals surface area contributed by atoms with E-state index >= 15 is 0 Å². The van der Waals surface area contributed by atoms with Crippen molar-refractivity contribution in [2.45, 2.75) is 19.5 Å². The highest BCUT2D eigenvalue weighted by molar-refractivity contribution is 14.0. The zero-order chi connectivity index (χ0) is 18.9. The monoisotopic (exact) mass is 509 g/mol. The number of hydrogen-bond acceptors (Lipinski definition) is 2. The van der Waals surface area contributed by atoms with Crippen LogP contribution in [0.15, 0.2) is 72.0 Å². The lowest BCUT2D eigenvalue weighted by Crippen LogP contribution is -2.38. The van der Waals surface area contributed by atoms with Gasteiger partial charge >= 0.3 is 0 Å². The second-order valence-electron chi connectivity index (χ2n) is 6.19. The lowest BCUT2D eigenvalue weighted by molar-refractivity contribution is 0.687. The highest BCUT2D eigenvalue weighted by atomic mass is 127. The van der Waals surface area contributed by atoms with E-state index in [0.717, 1.165) is 36.3 Å². The number of rotatable bonds is 7. The van der Waals surface area contributed by atoms with Crippen LogP contribution in [0.25, 0.3) is 0 Å². The highest BCUT2D eigenvalue weighted by Gasteiger charge is 2.05. The van der Waals surface area contributed by atoms with Crippen molar-refractivity contribution in [3.05, 3.63) is 89.0 Å². The van der Waals surface area contributed by atoms with Gasteiger partial charge in [0.1, 0.15) is 5.82 Å². The molecule has 148 valence electrons. The van der Waals surface area contributed by atoms with E-state index in [0.29, 0.717) is 6.54 Å². The van der Waals surface area contributed by atoms with E-state index in [1.165, 1.54) is 11.1 Å². The number of hydrogen-bond donors (Lipinski definition) is 2. The van der Waals surface area contributed by atoms with Gasteiger partial charge in [-0.3, -0.25) is 4.99 Å². The lowest BCUT2D eigenvalue weighted by atomic mass is 10.1. The normalized spacial score (nSPS) is 11.0. The Hall–Kier alpha value is -2.06. The maximum absolute atomic E-state index is 6.03. The number of nitrogens with one attached hydrogen (secondary N) is 2. The number of nitrogens with zero attached hydrogens (tertiary/aromatic N) is 3. The van der Waals surface area contributed by atoms with Crippen molar-refractivity contribution in [3.63, 3.8) is 0 Å². The molecule has 0 saturated carbocycles. The summed E-state index contributed by atoms with van der Waals surface area (Å²) in [5.41, 5.74) is 2.45. The fourth-order valence-electron chi connectivity index (χ4n) is 2.83. The van der Waals surface area contributed by atoms with Crippen LogP contribution in [0.1, 0.15) is 17.0 Å². The molecule has 3 aromatic rings. The van der Waals surface area contributed by atoms with Crippen LogP contribution in [0, 0.1) is 0 Å². The van der Waals surface area contributed by atoms with Gasteiger partial charge in [0.25, 0.3) is 0 Å². The molecule has 0 aliphatic heterocycles. The van der Waals surface area contributed by atoms with Crippen LogP contribution in [0.3, 0.4) is 0 Å². The maximum atomic E-state index is 6.03. The minimum absolute atomic E-state index is 0. The molecule has 2 N–H and O–H groups in total. The molecule has 1 heterocycles. The molecule has 0 amide bonds. The first-order valence-corrected chi connectivity index (χ1v) is 9.35. The van der Waals surface area contributed by atoms with E-state index in [9.17, 15) is 0 Å². The molecular weight excluding hydrogens is 485 g/mol. The van der Waals surface area contributed by atoms with Crippen molar-refractivity contribution >= 4 is 41.5 Å². The molecular formula is C21H25ClIN5. The van der Waals surface area contributed by atoms with Gasteiger partial charge < -0.3 is 15.2 Å². The summed E-state index contributed by atoms with van der Waals surface area (Å²) in [6, 6.07) is 18.3. The summed E-state index contributed by atoms with van der Waals surface area (Å²) in [5, 5.41) is 7.42. The molecule has 3 rings (SSSR count). The van der Waals surface area contributed by atoms with Gasteiger partial charge in [-0.15, -0.1) is 24.0 Å². The number of aromatic nitrogens is 2. The van der Waals surface area contributed by atoms with Gasteiger partial charge in [-0.2, -0.15) is 0 Å². The lowest BCUT2D eigenvalue weighted by Gasteiger charge is -2.13. The topological polar surface area (TPSA) is 54.2 Å². The van der Waals surface area contributed by atoms with Gasteiger partial charge in [-0.05, 0) is 29.7 Å². The van der Waals surface area contributed by atoms with Gasteiger partial charge in [-0.1, -0.05) is 54.1 Å². The Kier molecular flexibility index (Phi) is 9.30. The van der Waals surface area contributed by atoms with E-state index < -0.39 is 0 Å². The van der Waals surface area contributed by atoms with Crippen LogP contribution in [0.5, 0.6) is 0 Å². The van der Waals surface area contributed by atoms with Crippen molar-refractivity contribution in [1.82, 2.24) is 20.2 Å². The Balaban J connectivity index is 0.00000280. The molecule has 1 aromatic heterocycles. The van der Waals surface area contributed by atoms with Crippen LogP contribution in [0.4, 0.5) is 0 Å². The Bertz CT molecular complexity index is 879. The Morgan fingerprint density at radius 3 is 2.61 bits per heavy atom. The summed E-state index contributed by atoms with van der Waals surface area (Å²) < 4.78 is 2.14. The third-order valence-corrected chi connectivity index (χ3v) is 4.47. The van der Waals surface area contributed by atoms with Crippen molar-refractivity contribution in [1.29, 1.82) is 0 Å². The number of halogens is 2. The van der Waals surface area contributed by atoms with E-state index in [2.05, 4.69) is 55.5 Å². The predicted octanol–water partition coefficient (Wildman–Crippen LogP) is 4.11. The zero-order valence-corrected chi connectivity index (χ0v) is 18.9. The SMILES string of the molecule is CN=C(NCCc1cccc(Cl)c1)NCc1nccn1Cc1ccccc1.I. The number of aliphatic imine (C=N–C) groups is 1. The average Bonchev–Trinajstić information content (AvgIpc) is 3.12. The quantitative estimate of drug-likeness (QED) is 0.286. The molecule has 0 unspecified atom stereocenters. The second kappa shape index (κ2) is 11.7. The summed E-state index contributed by atoms with van der Waals surface area (Å²) in [5.74, 6) is 1.72. The first-order chi connectivity index (χ1) is 13.2. The van der Waals surface area contributed by atoms with E-state index in [1.54, 1.807) is 7.05 Å². The maximum Gasteiger partial charge on any atom is 0.191 e. The summed E-state index contributed by atoms with van der Waals surface area (Å²) in [6.45, 7) is 2.19. The van der Waals surface area contributed by atoms with Gasteiger partial charge in [-0.25, -0.2) is 4.98 Å². The molecule has 5 nitrogen and oxygen atoms in total. The summed E-state index contributed by atoms with van der Waals surface area (Å²) in [6.07, 6.45) is 4.71. The van der Waals surface area contributed by atoms with Gasteiger partial charge in [0.2, 0.25) is 0 Å².